The van der Waals surface area contributed by atoms with Crippen molar-refractivity contribution >= 4 is 11.9 Å². The van der Waals surface area contributed by atoms with E-state index in [-0.39, 0.29) is 0 Å². The van der Waals surface area contributed by atoms with Gasteiger partial charge in [0.05, 0.1) is 5.56 Å². The fourth-order valence-corrected chi connectivity index (χ4v) is 2.19. The van der Waals surface area contributed by atoms with Crippen LogP contribution in [0.4, 0.5) is 13.2 Å². The molecule has 0 spiro atoms. The second kappa shape index (κ2) is 8.37. The number of benzene rings is 2. The third-order valence-electron chi connectivity index (χ3n) is 3.66. The van der Waals surface area contributed by atoms with E-state index in [2.05, 4.69) is 15.6 Å². The van der Waals surface area contributed by atoms with E-state index in [1.807, 2.05) is 0 Å². The first kappa shape index (κ1) is 19.3. The fourth-order valence-electron chi connectivity index (χ4n) is 2.19. The molecule has 0 fully saturated rings. The van der Waals surface area contributed by atoms with Gasteiger partial charge in [-0.05, 0) is 35.4 Å². The Morgan fingerprint density at radius 3 is 1.81 bits per heavy atom. The van der Waals surface area contributed by atoms with Crippen molar-refractivity contribution in [2.75, 3.05) is 7.05 Å². The lowest BCUT2D eigenvalue weighted by Crippen LogP contribution is -2.36. The van der Waals surface area contributed by atoms with Crippen LogP contribution in [0.2, 0.25) is 0 Å². The quantitative estimate of drug-likeness (QED) is 0.564. The number of alkyl halides is 3. The summed E-state index contributed by atoms with van der Waals surface area (Å²) >= 11 is 0. The highest BCUT2D eigenvalue weighted by Crippen LogP contribution is 2.29. The molecule has 0 atom stereocenters. The van der Waals surface area contributed by atoms with E-state index in [9.17, 15) is 18.0 Å². The molecule has 0 aromatic heterocycles. The molecule has 0 unspecified atom stereocenters. The molecule has 0 aliphatic heterocycles. The maximum atomic E-state index is 12.5. The van der Waals surface area contributed by atoms with Gasteiger partial charge in [-0.2, -0.15) is 13.2 Å². The topological polar surface area (TPSA) is 79.5 Å². The molecule has 0 radical (unpaired) electrons. The third kappa shape index (κ3) is 5.51. The molecule has 0 saturated heterocycles. The number of amides is 1. The van der Waals surface area contributed by atoms with Crippen LogP contribution in [-0.2, 0) is 19.3 Å². The molecule has 4 N–H and O–H groups in total. The Morgan fingerprint density at radius 2 is 1.42 bits per heavy atom. The monoisotopic (exact) mass is 364 g/mol. The predicted octanol–water partition coefficient (Wildman–Crippen LogP) is 2.67. The average Bonchev–Trinajstić information content (AvgIpc) is 2.62. The Hall–Kier alpha value is -3.03. The number of guanidine groups is 1. The van der Waals surface area contributed by atoms with Crippen LogP contribution in [0.3, 0.4) is 0 Å². The molecule has 8 heteroatoms. The number of carbonyl (C=O) groups is 1. The van der Waals surface area contributed by atoms with Crippen molar-refractivity contribution in [1.82, 2.24) is 10.6 Å². The summed E-state index contributed by atoms with van der Waals surface area (Å²) in [4.78, 5) is 15.1. The molecule has 138 valence electrons. The van der Waals surface area contributed by atoms with Crippen LogP contribution < -0.4 is 16.4 Å². The fraction of sp³-hybridized carbons (Fsp3) is 0.222. The lowest BCUT2D eigenvalue weighted by molar-refractivity contribution is -0.137. The average molecular weight is 364 g/mol. The molecule has 1 amide bonds. The highest BCUT2D eigenvalue weighted by molar-refractivity contribution is 5.92. The predicted molar refractivity (Wildman–Crippen MR) is 93.4 cm³/mol. The number of nitrogens with one attached hydrogen (secondary N) is 2. The summed E-state index contributed by atoms with van der Waals surface area (Å²) in [6.45, 7) is 0.796. The second-order valence-corrected chi connectivity index (χ2v) is 5.54. The summed E-state index contributed by atoms with van der Waals surface area (Å²) in [5, 5.41) is 6.11. The van der Waals surface area contributed by atoms with Crippen molar-refractivity contribution in [3.63, 3.8) is 0 Å². The lowest BCUT2D eigenvalue weighted by atomic mass is 10.1. The minimum absolute atomic E-state index is 0.332. The molecule has 0 heterocycles. The van der Waals surface area contributed by atoms with Crippen LogP contribution >= 0.6 is 0 Å². The number of carbonyl (C=O) groups excluding carboxylic acids is 1. The van der Waals surface area contributed by atoms with Gasteiger partial charge in [0.2, 0.25) is 5.91 Å². The number of hydrogen-bond donors (Lipinski definition) is 3. The summed E-state index contributed by atoms with van der Waals surface area (Å²) < 4.78 is 37.6. The van der Waals surface area contributed by atoms with Crippen LogP contribution in [0, 0.1) is 0 Å². The van der Waals surface area contributed by atoms with Gasteiger partial charge in [-0.1, -0.05) is 24.3 Å². The van der Waals surface area contributed by atoms with Gasteiger partial charge in [0.25, 0.3) is 0 Å². The summed E-state index contributed by atoms with van der Waals surface area (Å²) in [6.07, 6.45) is -4.34. The van der Waals surface area contributed by atoms with Crippen molar-refractivity contribution in [1.29, 1.82) is 0 Å². The molecule has 0 aliphatic rings. The number of nitrogens with zero attached hydrogens (tertiary/aromatic N) is 1. The van der Waals surface area contributed by atoms with Crippen LogP contribution in [0.5, 0.6) is 0 Å². The summed E-state index contributed by atoms with van der Waals surface area (Å²) in [6, 6.07) is 11.8. The molecule has 26 heavy (non-hydrogen) atoms. The lowest BCUT2D eigenvalue weighted by Gasteiger charge is -2.13. The molecule has 2 aromatic carbocycles. The zero-order valence-electron chi connectivity index (χ0n) is 14.1. The van der Waals surface area contributed by atoms with Crippen molar-refractivity contribution < 1.29 is 18.0 Å². The van der Waals surface area contributed by atoms with E-state index in [1.54, 1.807) is 31.3 Å². The molecule has 0 aliphatic carbocycles. The molecule has 0 saturated carbocycles. The number of nitrogens with two attached hydrogens (primary N) is 1. The maximum Gasteiger partial charge on any atom is 0.416 e. The largest absolute Gasteiger partial charge is 0.416 e. The van der Waals surface area contributed by atoms with Gasteiger partial charge in [0.15, 0.2) is 5.96 Å². The number of primary amides is 1. The van der Waals surface area contributed by atoms with Gasteiger partial charge >= 0.3 is 6.18 Å². The van der Waals surface area contributed by atoms with E-state index in [1.165, 1.54) is 12.1 Å². The van der Waals surface area contributed by atoms with E-state index in [0.29, 0.717) is 30.2 Å². The third-order valence-corrected chi connectivity index (χ3v) is 3.66. The Labute approximate surface area is 149 Å². The minimum Gasteiger partial charge on any atom is -0.366 e. The number of aliphatic imine (C=N–C) groups is 1. The van der Waals surface area contributed by atoms with E-state index in [4.69, 9.17) is 5.73 Å². The number of rotatable bonds is 5. The first-order valence-electron chi connectivity index (χ1n) is 7.79. The zero-order valence-corrected chi connectivity index (χ0v) is 14.1. The first-order chi connectivity index (χ1) is 12.3. The van der Waals surface area contributed by atoms with Gasteiger partial charge in [-0.15, -0.1) is 0 Å². The van der Waals surface area contributed by atoms with Crippen molar-refractivity contribution in [3.05, 3.63) is 70.8 Å². The van der Waals surface area contributed by atoms with E-state index >= 15 is 0 Å². The van der Waals surface area contributed by atoms with Crippen LogP contribution in [0.1, 0.15) is 27.0 Å². The molecule has 5 nitrogen and oxygen atoms in total. The zero-order chi connectivity index (χ0) is 19.2. The van der Waals surface area contributed by atoms with Crippen molar-refractivity contribution in [2.24, 2.45) is 10.7 Å². The Kier molecular flexibility index (Phi) is 6.21. The Balaban J connectivity index is 1.86. The Morgan fingerprint density at radius 1 is 0.962 bits per heavy atom. The molecule has 2 rings (SSSR count). The highest BCUT2D eigenvalue weighted by Gasteiger charge is 2.29. The summed E-state index contributed by atoms with van der Waals surface area (Å²) in [5.74, 6) is 0.0161. The van der Waals surface area contributed by atoms with E-state index < -0.39 is 17.6 Å². The van der Waals surface area contributed by atoms with Crippen molar-refractivity contribution in [3.8, 4) is 0 Å². The molecular weight excluding hydrogens is 345 g/mol. The Bertz CT molecular complexity index is 769. The molecule has 0 bridgehead atoms. The van der Waals surface area contributed by atoms with Crippen molar-refractivity contribution in [2.45, 2.75) is 19.3 Å². The van der Waals surface area contributed by atoms with Crippen LogP contribution in [-0.4, -0.2) is 18.9 Å². The number of halogens is 3. The maximum absolute atomic E-state index is 12.5. The van der Waals surface area contributed by atoms with Gasteiger partial charge in [-0.25, -0.2) is 0 Å². The second-order valence-electron chi connectivity index (χ2n) is 5.54. The normalized spacial score (nSPS) is 11.9. The summed E-state index contributed by atoms with van der Waals surface area (Å²) in [5.41, 5.74) is 6.57. The first-order valence-corrected chi connectivity index (χ1v) is 7.79. The smallest absolute Gasteiger partial charge is 0.366 e. The van der Waals surface area contributed by atoms with Crippen LogP contribution in [0.15, 0.2) is 53.5 Å². The van der Waals surface area contributed by atoms with Gasteiger partial charge < -0.3 is 16.4 Å². The highest BCUT2D eigenvalue weighted by atomic mass is 19.4. The minimum atomic E-state index is -4.34. The molecule has 2 aromatic rings. The van der Waals surface area contributed by atoms with Gasteiger partial charge in [-0.3, -0.25) is 9.79 Å². The molecular formula is C18H19F3N4O. The van der Waals surface area contributed by atoms with Crippen LogP contribution in [0.25, 0.3) is 0 Å². The standard InChI is InChI=1S/C18H19F3N4O/c1-23-17(24-10-12-2-6-14(7-3-12)16(22)26)25-11-13-4-8-15(9-5-13)18(19,20)21/h2-9H,10-11H2,1H3,(H2,22,26)(H2,23,24,25). The summed E-state index contributed by atoms with van der Waals surface area (Å²) in [7, 11) is 1.60. The van der Waals surface area contributed by atoms with Gasteiger partial charge in [0.1, 0.15) is 0 Å². The van der Waals surface area contributed by atoms with Gasteiger partial charge in [0, 0.05) is 25.7 Å². The number of hydrogen-bond acceptors (Lipinski definition) is 2. The van der Waals surface area contributed by atoms with E-state index in [0.717, 1.165) is 17.7 Å². The SMILES string of the molecule is CN=C(NCc1ccc(C(N)=O)cc1)NCc1ccc(C(F)(F)F)cc1.